The molecule has 0 saturated carbocycles. The maximum Gasteiger partial charge on any atom is 0.336 e. The van der Waals surface area contributed by atoms with Crippen molar-refractivity contribution < 1.29 is 9.84 Å². The summed E-state index contributed by atoms with van der Waals surface area (Å²) in [6.07, 6.45) is 0.550. The first-order valence-electron chi connectivity index (χ1n) is 7.43. The second-order valence-electron chi connectivity index (χ2n) is 5.62. The number of imidazole rings is 1. The van der Waals surface area contributed by atoms with E-state index in [1.807, 2.05) is 24.3 Å². The molecule has 0 atom stereocenters. The second kappa shape index (κ2) is 5.05. The molecule has 5 heteroatoms. The molecule has 2 aromatic carbocycles. The van der Waals surface area contributed by atoms with Crippen molar-refractivity contribution in [2.45, 2.75) is 13.0 Å². The van der Waals surface area contributed by atoms with Crippen molar-refractivity contribution >= 4 is 0 Å². The number of rotatable bonds is 2. The van der Waals surface area contributed by atoms with Crippen LogP contribution < -0.4 is 10.4 Å². The van der Waals surface area contributed by atoms with E-state index in [0.29, 0.717) is 30.1 Å². The maximum absolute atomic E-state index is 12.8. The Morgan fingerprint density at radius 3 is 2.65 bits per heavy atom. The van der Waals surface area contributed by atoms with Crippen molar-refractivity contribution in [3.63, 3.8) is 0 Å². The predicted molar refractivity (Wildman–Crippen MR) is 86.6 cm³/mol. The fraction of sp³-hybridized carbons (Fsp3) is 0.167. The molecule has 0 aliphatic carbocycles. The molecule has 0 spiro atoms. The van der Waals surface area contributed by atoms with Crippen LogP contribution in [-0.4, -0.2) is 21.4 Å². The molecular formula is C18H16N2O3. The lowest BCUT2D eigenvalue weighted by atomic mass is 9.99. The fourth-order valence-corrected chi connectivity index (χ4v) is 3.13. The monoisotopic (exact) mass is 308 g/mol. The largest absolute Gasteiger partial charge is 0.497 e. The number of hydrogen-bond acceptors (Lipinski definition) is 3. The molecule has 0 bridgehead atoms. The molecule has 1 N–H and O–H groups in total. The van der Waals surface area contributed by atoms with E-state index in [2.05, 4.69) is 0 Å². The van der Waals surface area contributed by atoms with Crippen LogP contribution in [0.3, 0.4) is 0 Å². The predicted octanol–water partition coefficient (Wildman–Crippen LogP) is 2.31. The summed E-state index contributed by atoms with van der Waals surface area (Å²) in [6.45, 7) is 0.481. The highest BCUT2D eigenvalue weighted by molar-refractivity contribution is 5.46. The van der Waals surface area contributed by atoms with Crippen LogP contribution in [0.2, 0.25) is 0 Å². The molecule has 1 aliphatic rings. The summed E-state index contributed by atoms with van der Waals surface area (Å²) in [5.74, 6) is 0.638. The third-order valence-electron chi connectivity index (χ3n) is 4.33. The van der Waals surface area contributed by atoms with E-state index in [-0.39, 0.29) is 11.6 Å². The Kier molecular flexibility index (Phi) is 3.01. The van der Waals surface area contributed by atoms with Gasteiger partial charge in [0, 0.05) is 12.5 Å². The highest BCUT2D eigenvalue weighted by Gasteiger charge is 2.25. The molecule has 0 saturated heterocycles. The van der Waals surface area contributed by atoms with Gasteiger partial charge in [0.15, 0.2) is 0 Å². The lowest BCUT2D eigenvalue weighted by molar-refractivity contribution is 0.413. The molecule has 1 aromatic heterocycles. The first-order valence-corrected chi connectivity index (χ1v) is 7.43. The molecule has 4 rings (SSSR count). The van der Waals surface area contributed by atoms with Crippen LogP contribution in [0.15, 0.2) is 53.3 Å². The highest BCUT2D eigenvalue weighted by Crippen LogP contribution is 2.29. The lowest BCUT2D eigenvalue weighted by Gasteiger charge is -2.17. The minimum atomic E-state index is -0.236. The molecule has 2 heterocycles. The van der Waals surface area contributed by atoms with E-state index < -0.39 is 0 Å². The molecule has 0 unspecified atom stereocenters. The van der Waals surface area contributed by atoms with Crippen molar-refractivity contribution in [3.05, 3.63) is 75.8 Å². The summed E-state index contributed by atoms with van der Waals surface area (Å²) in [5.41, 5.74) is 3.27. The first kappa shape index (κ1) is 13.7. The van der Waals surface area contributed by atoms with Gasteiger partial charge in [-0.05, 0) is 23.3 Å². The number of ether oxygens (including phenoxy) is 1. The first-order chi connectivity index (χ1) is 11.2. The average molecular weight is 308 g/mol. The van der Waals surface area contributed by atoms with Gasteiger partial charge in [-0.25, -0.2) is 9.36 Å². The van der Waals surface area contributed by atoms with E-state index in [1.165, 1.54) is 4.57 Å². The zero-order chi connectivity index (χ0) is 16.0. The Morgan fingerprint density at radius 2 is 1.87 bits per heavy atom. The number of methoxy groups -OCH3 is 1. The van der Waals surface area contributed by atoms with E-state index >= 15 is 0 Å². The highest BCUT2D eigenvalue weighted by atomic mass is 16.5. The minimum absolute atomic E-state index is 0.00208. The molecular weight excluding hydrogens is 292 g/mol. The van der Waals surface area contributed by atoms with Gasteiger partial charge >= 0.3 is 5.69 Å². The third kappa shape index (κ3) is 2.04. The van der Waals surface area contributed by atoms with Crippen molar-refractivity contribution in [1.82, 2.24) is 9.13 Å². The van der Waals surface area contributed by atoms with Gasteiger partial charge in [0.25, 0.3) is 0 Å². The molecule has 116 valence electrons. The zero-order valence-electron chi connectivity index (χ0n) is 12.7. The Balaban J connectivity index is 1.89. The summed E-state index contributed by atoms with van der Waals surface area (Å²) in [5, 5.41) is 10.6. The van der Waals surface area contributed by atoms with Crippen molar-refractivity contribution in [1.29, 1.82) is 0 Å². The molecule has 0 fully saturated rings. The lowest BCUT2D eigenvalue weighted by Crippen LogP contribution is -2.27. The SMILES string of the molecule is COc1cccc(-n2c(O)c3n(c2=O)Cc2ccccc2C3)c1. The van der Waals surface area contributed by atoms with Gasteiger partial charge in [0.1, 0.15) is 5.75 Å². The van der Waals surface area contributed by atoms with Gasteiger partial charge in [-0.1, -0.05) is 30.3 Å². The normalized spacial score (nSPS) is 12.6. The van der Waals surface area contributed by atoms with Gasteiger partial charge < -0.3 is 9.84 Å². The summed E-state index contributed by atoms with van der Waals surface area (Å²) in [6, 6.07) is 15.1. The standard InChI is InChI=1S/C18H16N2O3/c1-23-15-8-4-7-14(10-15)20-17(21)16-9-12-5-2-3-6-13(12)11-19(16)18(20)22/h2-8,10,21H,9,11H2,1H3. The quantitative estimate of drug-likeness (QED) is 0.618. The van der Waals surface area contributed by atoms with E-state index in [4.69, 9.17) is 4.74 Å². The van der Waals surface area contributed by atoms with Crippen LogP contribution in [0.1, 0.15) is 16.8 Å². The fourth-order valence-electron chi connectivity index (χ4n) is 3.13. The second-order valence-corrected chi connectivity index (χ2v) is 5.62. The topological polar surface area (TPSA) is 56.4 Å². The number of benzene rings is 2. The molecule has 0 radical (unpaired) electrons. The van der Waals surface area contributed by atoms with Gasteiger partial charge in [-0.2, -0.15) is 0 Å². The summed E-state index contributed by atoms with van der Waals surface area (Å²) >= 11 is 0. The zero-order valence-corrected chi connectivity index (χ0v) is 12.7. The molecule has 5 nitrogen and oxygen atoms in total. The Morgan fingerprint density at radius 1 is 1.09 bits per heavy atom. The third-order valence-corrected chi connectivity index (χ3v) is 4.33. The Labute approximate surface area is 133 Å². The van der Waals surface area contributed by atoms with Gasteiger partial charge in [-0.15, -0.1) is 0 Å². The maximum atomic E-state index is 12.8. The van der Waals surface area contributed by atoms with Crippen molar-refractivity contribution in [2.75, 3.05) is 7.11 Å². The molecule has 0 amide bonds. The number of fused-ring (bicyclic) bond motifs is 2. The van der Waals surface area contributed by atoms with Crippen LogP contribution in [-0.2, 0) is 13.0 Å². The van der Waals surface area contributed by atoms with Crippen LogP contribution >= 0.6 is 0 Å². The van der Waals surface area contributed by atoms with Crippen molar-refractivity contribution in [3.8, 4) is 17.3 Å². The summed E-state index contributed by atoms with van der Waals surface area (Å²) in [7, 11) is 1.57. The molecule has 1 aliphatic heterocycles. The van der Waals surface area contributed by atoms with Crippen LogP contribution in [0.25, 0.3) is 5.69 Å². The van der Waals surface area contributed by atoms with Crippen LogP contribution in [0.4, 0.5) is 0 Å². The minimum Gasteiger partial charge on any atom is -0.497 e. The van der Waals surface area contributed by atoms with Gasteiger partial charge in [0.05, 0.1) is 25.0 Å². The van der Waals surface area contributed by atoms with E-state index in [0.717, 1.165) is 11.1 Å². The Hall–Kier alpha value is -2.95. The van der Waals surface area contributed by atoms with Crippen molar-refractivity contribution in [2.24, 2.45) is 0 Å². The smallest absolute Gasteiger partial charge is 0.336 e. The Bertz CT molecular complexity index is 953. The summed E-state index contributed by atoms with van der Waals surface area (Å²) in [4.78, 5) is 12.8. The van der Waals surface area contributed by atoms with Gasteiger partial charge in [-0.3, -0.25) is 4.57 Å². The van der Waals surface area contributed by atoms with E-state index in [9.17, 15) is 9.90 Å². The molecule has 3 aromatic rings. The summed E-state index contributed by atoms with van der Waals surface area (Å²) < 4.78 is 8.18. The van der Waals surface area contributed by atoms with E-state index in [1.54, 1.807) is 35.9 Å². The number of aromatic nitrogens is 2. The average Bonchev–Trinajstić information content (AvgIpc) is 2.83. The number of aromatic hydroxyl groups is 1. The van der Waals surface area contributed by atoms with Gasteiger partial charge in [0.2, 0.25) is 5.88 Å². The number of hydrogen-bond donors (Lipinski definition) is 1. The number of nitrogens with zero attached hydrogens (tertiary/aromatic N) is 2. The van der Waals surface area contributed by atoms with Crippen LogP contribution in [0, 0.1) is 0 Å². The van der Waals surface area contributed by atoms with Crippen LogP contribution in [0.5, 0.6) is 11.6 Å². The molecule has 23 heavy (non-hydrogen) atoms.